The molecule has 0 atom stereocenters. The summed E-state index contributed by atoms with van der Waals surface area (Å²) in [6, 6.07) is 3.87. The molecule has 0 aliphatic carbocycles. The van der Waals surface area contributed by atoms with Crippen molar-refractivity contribution in [1.29, 1.82) is 0 Å². The molecule has 0 fully saturated rings. The zero-order valence-electron chi connectivity index (χ0n) is 8.19. The van der Waals surface area contributed by atoms with Crippen LogP contribution in [0.2, 0.25) is 0 Å². The Kier molecular flexibility index (Phi) is 2.33. The molecule has 0 spiro atoms. The van der Waals surface area contributed by atoms with Crippen molar-refractivity contribution in [3.8, 4) is 0 Å². The third-order valence-electron chi connectivity index (χ3n) is 1.93. The minimum Gasteiger partial charge on any atom is -0.384 e. The van der Waals surface area contributed by atoms with Crippen LogP contribution in [0.5, 0.6) is 0 Å². The van der Waals surface area contributed by atoms with E-state index in [9.17, 15) is 0 Å². The normalized spacial score (nSPS) is 11.0. The number of aryl methyl sites for hydroxylation is 1. The number of rotatable bonds is 2. The molecule has 2 rings (SSSR count). The van der Waals surface area contributed by atoms with E-state index in [4.69, 9.17) is 5.73 Å². The summed E-state index contributed by atoms with van der Waals surface area (Å²) in [5.41, 5.74) is 7.76. The van der Waals surface area contributed by atoms with Gasteiger partial charge in [-0.25, -0.2) is 4.98 Å². The summed E-state index contributed by atoms with van der Waals surface area (Å²) in [4.78, 5) is 4.38. The van der Waals surface area contributed by atoms with Crippen molar-refractivity contribution in [2.75, 3.05) is 12.0 Å². The molecule has 2 heterocycles. The van der Waals surface area contributed by atoms with Crippen molar-refractivity contribution >= 4 is 23.2 Å². The number of anilines is 1. The molecule has 0 unspecified atom stereocenters. The van der Waals surface area contributed by atoms with E-state index in [0.717, 1.165) is 22.8 Å². The number of fused-ring (bicyclic) bond motifs is 1. The van der Waals surface area contributed by atoms with Crippen LogP contribution in [0.3, 0.4) is 0 Å². The minimum atomic E-state index is 0.639. The standard InChI is InChI=1S/C9H12N4S/c1-6-3-7(10)13-9(4-6)11-8(12-13)5-14-2/h3-4H,5,10H2,1-2H3. The molecule has 2 aromatic rings. The van der Waals surface area contributed by atoms with Crippen molar-refractivity contribution in [2.45, 2.75) is 12.7 Å². The molecule has 14 heavy (non-hydrogen) atoms. The molecule has 74 valence electrons. The number of nitrogens with two attached hydrogens (primary N) is 1. The van der Waals surface area contributed by atoms with Crippen LogP contribution in [0.1, 0.15) is 11.4 Å². The molecule has 0 saturated carbocycles. The van der Waals surface area contributed by atoms with Crippen LogP contribution in [-0.2, 0) is 5.75 Å². The molecule has 0 radical (unpaired) electrons. The van der Waals surface area contributed by atoms with Gasteiger partial charge in [-0.05, 0) is 30.9 Å². The monoisotopic (exact) mass is 208 g/mol. The molecule has 2 aromatic heterocycles. The van der Waals surface area contributed by atoms with Gasteiger partial charge in [0.2, 0.25) is 0 Å². The Morgan fingerprint density at radius 2 is 2.29 bits per heavy atom. The van der Waals surface area contributed by atoms with Gasteiger partial charge in [0.05, 0.1) is 5.75 Å². The third-order valence-corrected chi connectivity index (χ3v) is 2.47. The largest absolute Gasteiger partial charge is 0.384 e. The first-order valence-electron chi connectivity index (χ1n) is 4.31. The van der Waals surface area contributed by atoms with Gasteiger partial charge in [0, 0.05) is 0 Å². The van der Waals surface area contributed by atoms with E-state index >= 15 is 0 Å². The van der Waals surface area contributed by atoms with Crippen LogP contribution < -0.4 is 5.73 Å². The van der Waals surface area contributed by atoms with Crippen LogP contribution in [0.15, 0.2) is 12.1 Å². The fourth-order valence-corrected chi connectivity index (χ4v) is 1.76. The maximum Gasteiger partial charge on any atom is 0.161 e. The summed E-state index contributed by atoms with van der Waals surface area (Å²) in [5, 5.41) is 4.30. The average molecular weight is 208 g/mol. The summed E-state index contributed by atoms with van der Waals surface area (Å²) < 4.78 is 1.68. The van der Waals surface area contributed by atoms with Crippen molar-refractivity contribution in [3.05, 3.63) is 23.5 Å². The van der Waals surface area contributed by atoms with Crippen molar-refractivity contribution in [3.63, 3.8) is 0 Å². The Balaban J connectivity index is 2.58. The number of aromatic nitrogens is 3. The van der Waals surface area contributed by atoms with Gasteiger partial charge in [-0.1, -0.05) is 0 Å². The number of hydrogen-bond donors (Lipinski definition) is 1. The van der Waals surface area contributed by atoms with E-state index in [2.05, 4.69) is 10.1 Å². The molecule has 0 saturated heterocycles. The number of thioether (sulfide) groups is 1. The SMILES string of the molecule is CSCc1nc2cc(C)cc(N)n2n1. The van der Waals surface area contributed by atoms with Crippen molar-refractivity contribution in [2.24, 2.45) is 0 Å². The molecule has 0 amide bonds. The lowest BCUT2D eigenvalue weighted by atomic mass is 10.3. The second-order valence-corrected chi connectivity index (χ2v) is 4.05. The van der Waals surface area contributed by atoms with Gasteiger partial charge in [-0.3, -0.25) is 0 Å². The van der Waals surface area contributed by atoms with E-state index in [1.54, 1.807) is 16.3 Å². The molecule has 0 aromatic carbocycles. The van der Waals surface area contributed by atoms with Crippen LogP contribution in [0, 0.1) is 6.92 Å². The van der Waals surface area contributed by atoms with Gasteiger partial charge in [-0.2, -0.15) is 16.3 Å². The second kappa shape index (κ2) is 3.49. The van der Waals surface area contributed by atoms with Crippen molar-refractivity contribution < 1.29 is 0 Å². The van der Waals surface area contributed by atoms with Crippen LogP contribution in [-0.4, -0.2) is 20.9 Å². The predicted molar refractivity (Wildman–Crippen MR) is 59.4 cm³/mol. The lowest BCUT2D eigenvalue weighted by molar-refractivity contribution is 0.933. The van der Waals surface area contributed by atoms with Gasteiger partial charge >= 0.3 is 0 Å². The lowest BCUT2D eigenvalue weighted by Gasteiger charge is -1.98. The van der Waals surface area contributed by atoms with Gasteiger partial charge in [-0.15, -0.1) is 5.10 Å². The Morgan fingerprint density at radius 1 is 1.50 bits per heavy atom. The van der Waals surface area contributed by atoms with Gasteiger partial charge < -0.3 is 5.73 Å². The fraction of sp³-hybridized carbons (Fsp3) is 0.333. The molecular weight excluding hydrogens is 196 g/mol. The minimum absolute atomic E-state index is 0.639. The molecule has 4 nitrogen and oxygen atoms in total. The Morgan fingerprint density at radius 3 is 3.00 bits per heavy atom. The summed E-state index contributed by atoms with van der Waals surface area (Å²) in [5.74, 6) is 2.29. The van der Waals surface area contributed by atoms with Crippen molar-refractivity contribution in [1.82, 2.24) is 14.6 Å². The van der Waals surface area contributed by atoms with E-state index in [-0.39, 0.29) is 0 Å². The first-order chi connectivity index (χ1) is 6.70. The van der Waals surface area contributed by atoms with E-state index < -0.39 is 0 Å². The highest BCUT2D eigenvalue weighted by Crippen LogP contribution is 2.13. The number of pyridine rings is 1. The average Bonchev–Trinajstić information content (AvgIpc) is 2.48. The predicted octanol–water partition coefficient (Wildman–Crippen LogP) is 1.48. The summed E-state index contributed by atoms with van der Waals surface area (Å²) >= 11 is 1.70. The topological polar surface area (TPSA) is 56.2 Å². The van der Waals surface area contributed by atoms with E-state index in [0.29, 0.717) is 5.82 Å². The fourth-order valence-electron chi connectivity index (χ4n) is 1.38. The van der Waals surface area contributed by atoms with Gasteiger partial charge in [0.15, 0.2) is 11.5 Å². The van der Waals surface area contributed by atoms with Crippen LogP contribution in [0.25, 0.3) is 5.65 Å². The quantitative estimate of drug-likeness (QED) is 0.812. The summed E-state index contributed by atoms with van der Waals surface area (Å²) in [7, 11) is 0. The zero-order chi connectivity index (χ0) is 10.1. The maximum absolute atomic E-state index is 5.82. The Hall–Kier alpha value is -1.23. The highest BCUT2D eigenvalue weighted by molar-refractivity contribution is 7.97. The number of hydrogen-bond acceptors (Lipinski definition) is 4. The molecule has 0 aliphatic heterocycles. The highest BCUT2D eigenvalue weighted by Gasteiger charge is 2.05. The first-order valence-corrected chi connectivity index (χ1v) is 5.71. The summed E-state index contributed by atoms with van der Waals surface area (Å²) in [6.45, 7) is 2.00. The number of nitrogens with zero attached hydrogens (tertiary/aromatic N) is 3. The maximum atomic E-state index is 5.82. The van der Waals surface area contributed by atoms with E-state index in [1.807, 2.05) is 25.3 Å². The molecule has 0 aliphatic rings. The second-order valence-electron chi connectivity index (χ2n) is 3.19. The van der Waals surface area contributed by atoms with Crippen LogP contribution >= 0.6 is 11.8 Å². The number of nitrogen functional groups attached to an aromatic ring is 1. The molecule has 2 N–H and O–H groups in total. The van der Waals surface area contributed by atoms with Gasteiger partial charge in [0.25, 0.3) is 0 Å². The zero-order valence-corrected chi connectivity index (χ0v) is 9.01. The first kappa shape index (κ1) is 9.33. The smallest absolute Gasteiger partial charge is 0.161 e. The molecule has 5 heteroatoms. The summed E-state index contributed by atoms with van der Waals surface area (Å²) in [6.07, 6.45) is 2.03. The van der Waals surface area contributed by atoms with Crippen LogP contribution in [0.4, 0.5) is 5.82 Å². The highest BCUT2D eigenvalue weighted by atomic mass is 32.2. The van der Waals surface area contributed by atoms with E-state index in [1.165, 1.54) is 0 Å². The lowest BCUT2D eigenvalue weighted by Crippen LogP contribution is -1.98. The van der Waals surface area contributed by atoms with Gasteiger partial charge in [0.1, 0.15) is 5.82 Å². The Labute approximate surface area is 86.5 Å². The third kappa shape index (κ3) is 1.55. The molecule has 0 bridgehead atoms. The molecular formula is C9H12N4S. The Bertz CT molecular complexity index is 463.